The molecule has 0 atom stereocenters. The summed E-state index contributed by atoms with van der Waals surface area (Å²) in [5.41, 5.74) is 0.213. The molecule has 1 rings (SSSR count). The zero-order chi connectivity index (χ0) is 12.6. The third-order valence-electron chi connectivity index (χ3n) is 2.02. The van der Waals surface area contributed by atoms with Gasteiger partial charge in [0.15, 0.2) is 11.6 Å². The summed E-state index contributed by atoms with van der Waals surface area (Å²) < 4.78 is 52.5. The van der Waals surface area contributed by atoms with Crippen LogP contribution in [0.2, 0.25) is 0 Å². The smallest absolute Gasteiger partial charge is 0.403 e. The first-order valence-corrected chi connectivity index (χ1v) is 4.65. The van der Waals surface area contributed by atoms with Gasteiger partial charge in [-0.25, -0.2) is 4.39 Å². The Kier molecular flexibility index (Phi) is 3.17. The molecule has 1 aromatic carbocycles. The predicted molar refractivity (Wildman–Crippen MR) is 51.8 cm³/mol. The fourth-order valence-electron chi connectivity index (χ4n) is 1.17. The molecular weight excluding hydrogens is 224 g/mol. The number of rotatable bonds is 1. The molecule has 0 spiro atoms. The Balaban J connectivity index is 3.10. The minimum atomic E-state index is -4.88. The van der Waals surface area contributed by atoms with E-state index in [0.717, 1.165) is 12.1 Å². The fraction of sp³-hybridized carbons (Fsp3) is 0.455. The van der Waals surface area contributed by atoms with Crippen molar-refractivity contribution in [1.29, 1.82) is 0 Å². The Labute approximate surface area is 91.0 Å². The molecule has 1 aromatic rings. The summed E-state index contributed by atoms with van der Waals surface area (Å²) in [5, 5.41) is 0. The third-order valence-corrected chi connectivity index (χ3v) is 2.02. The maximum atomic E-state index is 13.1. The van der Waals surface area contributed by atoms with E-state index < -0.39 is 17.9 Å². The van der Waals surface area contributed by atoms with Gasteiger partial charge >= 0.3 is 6.36 Å². The lowest BCUT2D eigenvalue weighted by molar-refractivity contribution is -0.275. The SMILES string of the molecule is CC(C)(C)c1ccc(F)c(OC(F)(F)F)c1. The van der Waals surface area contributed by atoms with Crippen LogP contribution in [-0.4, -0.2) is 6.36 Å². The van der Waals surface area contributed by atoms with Crippen LogP contribution < -0.4 is 4.74 Å². The second-order valence-electron chi connectivity index (χ2n) is 4.44. The average Bonchev–Trinajstić information content (AvgIpc) is 2.04. The molecule has 0 aliphatic rings. The number of hydrogen-bond acceptors (Lipinski definition) is 1. The lowest BCUT2D eigenvalue weighted by Crippen LogP contribution is -2.19. The normalized spacial score (nSPS) is 12.7. The Morgan fingerprint density at radius 3 is 2.06 bits per heavy atom. The van der Waals surface area contributed by atoms with Gasteiger partial charge in [0, 0.05) is 0 Å². The average molecular weight is 236 g/mol. The van der Waals surface area contributed by atoms with Gasteiger partial charge in [-0.05, 0) is 23.1 Å². The molecule has 5 heteroatoms. The van der Waals surface area contributed by atoms with Gasteiger partial charge in [0.25, 0.3) is 0 Å². The number of ether oxygens (including phenoxy) is 1. The van der Waals surface area contributed by atoms with Gasteiger partial charge in [-0.15, -0.1) is 13.2 Å². The van der Waals surface area contributed by atoms with Crippen LogP contribution in [0, 0.1) is 5.82 Å². The van der Waals surface area contributed by atoms with Crippen molar-refractivity contribution in [2.24, 2.45) is 0 Å². The molecule has 0 aliphatic heterocycles. The van der Waals surface area contributed by atoms with Gasteiger partial charge in [0.05, 0.1) is 0 Å². The number of halogens is 4. The maximum Gasteiger partial charge on any atom is 0.573 e. The second-order valence-corrected chi connectivity index (χ2v) is 4.44. The molecule has 0 fully saturated rings. The molecule has 0 saturated heterocycles. The van der Waals surface area contributed by atoms with Crippen LogP contribution in [0.25, 0.3) is 0 Å². The zero-order valence-corrected chi connectivity index (χ0v) is 9.15. The van der Waals surface area contributed by atoms with E-state index in [1.165, 1.54) is 6.07 Å². The predicted octanol–water partition coefficient (Wildman–Crippen LogP) is 4.02. The van der Waals surface area contributed by atoms with E-state index >= 15 is 0 Å². The third kappa shape index (κ3) is 3.40. The van der Waals surface area contributed by atoms with Crippen LogP contribution in [0.15, 0.2) is 18.2 Å². The Morgan fingerprint density at radius 1 is 1.06 bits per heavy atom. The van der Waals surface area contributed by atoms with Crippen molar-refractivity contribution in [2.45, 2.75) is 32.5 Å². The molecule has 0 aromatic heterocycles. The van der Waals surface area contributed by atoms with E-state index in [9.17, 15) is 17.6 Å². The van der Waals surface area contributed by atoms with Gasteiger partial charge in [0.1, 0.15) is 0 Å². The van der Waals surface area contributed by atoms with Gasteiger partial charge in [-0.3, -0.25) is 0 Å². The molecular formula is C11H12F4O. The van der Waals surface area contributed by atoms with Gasteiger partial charge in [-0.2, -0.15) is 0 Å². The van der Waals surface area contributed by atoms with Crippen molar-refractivity contribution < 1.29 is 22.3 Å². The molecule has 0 unspecified atom stereocenters. The highest BCUT2D eigenvalue weighted by molar-refractivity contribution is 5.34. The number of alkyl halides is 3. The van der Waals surface area contributed by atoms with Crippen LogP contribution in [0.3, 0.4) is 0 Å². The van der Waals surface area contributed by atoms with Crippen LogP contribution in [0.5, 0.6) is 5.75 Å². The van der Waals surface area contributed by atoms with Crippen LogP contribution in [0.4, 0.5) is 17.6 Å². The molecule has 16 heavy (non-hydrogen) atoms. The lowest BCUT2D eigenvalue weighted by Gasteiger charge is -2.20. The maximum absolute atomic E-state index is 13.1. The molecule has 0 aliphatic carbocycles. The highest BCUT2D eigenvalue weighted by Gasteiger charge is 2.32. The first kappa shape index (κ1) is 12.8. The Hall–Kier alpha value is -1.26. The van der Waals surface area contributed by atoms with E-state index in [2.05, 4.69) is 4.74 Å². The van der Waals surface area contributed by atoms with Crippen LogP contribution in [-0.2, 0) is 5.41 Å². The number of hydrogen-bond donors (Lipinski definition) is 0. The largest absolute Gasteiger partial charge is 0.573 e. The summed E-state index contributed by atoms with van der Waals surface area (Å²) in [4.78, 5) is 0. The van der Waals surface area contributed by atoms with E-state index in [-0.39, 0.29) is 5.41 Å². The molecule has 0 saturated carbocycles. The molecule has 0 bridgehead atoms. The van der Waals surface area contributed by atoms with Crippen molar-refractivity contribution in [3.05, 3.63) is 29.6 Å². The van der Waals surface area contributed by atoms with Crippen molar-refractivity contribution in [1.82, 2.24) is 0 Å². The molecule has 90 valence electrons. The Bertz CT molecular complexity index is 377. The summed E-state index contributed by atoms with van der Waals surface area (Å²) >= 11 is 0. The molecule has 0 radical (unpaired) electrons. The van der Waals surface area contributed by atoms with Gasteiger partial charge < -0.3 is 4.74 Å². The van der Waals surface area contributed by atoms with Crippen molar-refractivity contribution in [3.63, 3.8) is 0 Å². The minimum absolute atomic E-state index is 0.364. The van der Waals surface area contributed by atoms with Crippen LogP contribution in [0.1, 0.15) is 26.3 Å². The topological polar surface area (TPSA) is 9.23 Å². The van der Waals surface area contributed by atoms with Crippen molar-refractivity contribution in [2.75, 3.05) is 0 Å². The van der Waals surface area contributed by atoms with Gasteiger partial charge in [-0.1, -0.05) is 26.8 Å². The summed E-state index contributed by atoms with van der Waals surface area (Å²) in [6, 6.07) is 3.49. The van der Waals surface area contributed by atoms with Crippen LogP contribution >= 0.6 is 0 Å². The highest BCUT2D eigenvalue weighted by atomic mass is 19.4. The monoisotopic (exact) mass is 236 g/mol. The fourth-order valence-corrected chi connectivity index (χ4v) is 1.17. The van der Waals surface area contributed by atoms with Crippen molar-refractivity contribution >= 4 is 0 Å². The van der Waals surface area contributed by atoms with Crippen molar-refractivity contribution in [3.8, 4) is 5.75 Å². The van der Waals surface area contributed by atoms with E-state index in [4.69, 9.17) is 0 Å². The lowest BCUT2D eigenvalue weighted by atomic mass is 9.87. The summed E-state index contributed by atoms with van der Waals surface area (Å²) in [6.07, 6.45) is -4.88. The molecule has 1 nitrogen and oxygen atoms in total. The summed E-state index contributed by atoms with van der Waals surface area (Å²) in [6.45, 7) is 5.45. The first-order chi connectivity index (χ1) is 7.09. The second kappa shape index (κ2) is 3.96. The standard InChI is InChI=1S/C11H12F4O/c1-10(2,3)7-4-5-8(12)9(6-7)16-11(13,14)15/h4-6H,1-3H3. The minimum Gasteiger partial charge on any atom is -0.403 e. The quantitative estimate of drug-likeness (QED) is 0.669. The van der Waals surface area contributed by atoms with E-state index in [1.807, 2.05) is 20.8 Å². The molecule has 0 amide bonds. The zero-order valence-electron chi connectivity index (χ0n) is 9.15. The van der Waals surface area contributed by atoms with Gasteiger partial charge in [0.2, 0.25) is 0 Å². The Morgan fingerprint density at radius 2 is 1.62 bits per heavy atom. The molecule has 0 heterocycles. The van der Waals surface area contributed by atoms with E-state index in [1.54, 1.807) is 0 Å². The first-order valence-electron chi connectivity index (χ1n) is 4.65. The number of benzene rings is 1. The molecule has 0 N–H and O–H groups in total. The highest BCUT2D eigenvalue weighted by Crippen LogP contribution is 2.30. The summed E-state index contributed by atoms with van der Waals surface area (Å²) in [5.74, 6) is -1.81. The summed E-state index contributed by atoms with van der Waals surface area (Å²) in [7, 11) is 0. The van der Waals surface area contributed by atoms with E-state index in [0.29, 0.717) is 5.56 Å².